The molecule has 0 aromatic rings. The Morgan fingerprint density at radius 3 is 2.27 bits per heavy atom. The molecule has 1 rings (SSSR count). The summed E-state index contributed by atoms with van der Waals surface area (Å²) in [5.74, 6) is 0.428. The van der Waals surface area contributed by atoms with Gasteiger partial charge in [-0.3, -0.25) is 4.79 Å². The van der Waals surface area contributed by atoms with Crippen molar-refractivity contribution >= 4 is 17.5 Å². The Morgan fingerprint density at radius 2 is 1.80 bits per heavy atom. The molecule has 0 radical (unpaired) electrons. The summed E-state index contributed by atoms with van der Waals surface area (Å²) in [7, 11) is 0. The summed E-state index contributed by atoms with van der Waals surface area (Å²) in [4.78, 5) is 11.8. The average molecular weight is 232 g/mol. The molecule has 0 spiro atoms. The molecule has 0 bridgehead atoms. The van der Waals surface area contributed by atoms with Crippen molar-refractivity contribution in [3.8, 4) is 0 Å². The van der Waals surface area contributed by atoms with Gasteiger partial charge in [-0.15, -0.1) is 11.6 Å². The summed E-state index contributed by atoms with van der Waals surface area (Å²) in [6.07, 6.45) is 6.03. The van der Waals surface area contributed by atoms with Gasteiger partial charge in [0.05, 0.1) is 0 Å². The van der Waals surface area contributed by atoms with E-state index in [1.54, 1.807) is 0 Å². The minimum absolute atomic E-state index is 0.193. The fourth-order valence-electron chi connectivity index (χ4n) is 2.18. The molecule has 0 atom stereocenters. The van der Waals surface area contributed by atoms with Crippen LogP contribution in [0.15, 0.2) is 0 Å². The molecule has 0 aromatic heterocycles. The molecular formula is C12H22ClNO. The normalized spacial score (nSPS) is 26.7. The molecular weight excluding hydrogens is 210 g/mol. The third kappa shape index (κ3) is 4.02. The first-order valence-electron chi connectivity index (χ1n) is 6.11. The largest absolute Gasteiger partial charge is 0.353 e. The van der Waals surface area contributed by atoms with E-state index in [-0.39, 0.29) is 11.8 Å². The van der Waals surface area contributed by atoms with E-state index in [4.69, 9.17) is 11.6 Å². The van der Waals surface area contributed by atoms with Gasteiger partial charge in [0.2, 0.25) is 5.91 Å². The predicted octanol–water partition coefficient (Wildman–Crippen LogP) is 3.09. The summed E-state index contributed by atoms with van der Waals surface area (Å²) in [5.41, 5.74) is 0. The molecule has 1 amide bonds. The zero-order chi connectivity index (χ0) is 11.3. The van der Waals surface area contributed by atoms with Crippen LogP contribution >= 0.6 is 11.6 Å². The molecule has 0 unspecified atom stereocenters. The molecule has 0 aliphatic heterocycles. The molecule has 2 nitrogen and oxygen atoms in total. The maximum absolute atomic E-state index is 11.8. The highest BCUT2D eigenvalue weighted by molar-refractivity contribution is 6.20. The van der Waals surface area contributed by atoms with Crippen LogP contribution < -0.4 is 5.32 Å². The minimum Gasteiger partial charge on any atom is -0.353 e. The van der Waals surface area contributed by atoms with Crippen LogP contribution in [-0.4, -0.2) is 17.3 Å². The third-order valence-electron chi connectivity index (χ3n) is 3.36. The molecule has 1 fully saturated rings. The number of hydrogen-bond donors (Lipinski definition) is 1. The van der Waals surface area contributed by atoms with E-state index in [1.807, 2.05) is 0 Å². The summed E-state index contributed by atoms with van der Waals surface area (Å²) in [6.45, 7) is 4.15. The quantitative estimate of drug-likeness (QED) is 0.741. The second-order valence-corrected chi connectivity index (χ2v) is 5.09. The van der Waals surface area contributed by atoms with Crippen molar-refractivity contribution < 1.29 is 4.79 Å². The summed E-state index contributed by atoms with van der Waals surface area (Å²) in [6, 6.07) is 0.369. The van der Waals surface area contributed by atoms with Gasteiger partial charge >= 0.3 is 0 Å². The number of carbonyl (C=O) groups excluding carboxylic acids is 1. The molecule has 1 aliphatic rings. The van der Waals surface area contributed by atoms with Crippen LogP contribution in [0.2, 0.25) is 0 Å². The predicted molar refractivity (Wildman–Crippen MR) is 64.1 cm³/mol. The molecule has 15 heavy (non-hydrogen) atoms. The number of carbonyl (C=O) groups is 1. The lowest BCUT2D eigenvalue weighted by Crippen LogP contribution is -2.40. The molecule has 1 saturated carbocycles. The van der Waals surface area contributed by atoms with Crippen LogP contribution in [0.3, 0.4) is 0 Å². The lowest BCUT2D eigenvalue weighted by atomic mass is 9.94. The van der Waals surface area contributed by atoms with E-state index >= 15 is 0 Å². The van der Waals surface area contributed by atoms with Gasteiger partial charge in [-0.2, -0.15) is 0 Å². The van der Waals surface area contributed by atoms with Crippen LogP contribution in [0.1, 0.15) is 52.4 Å². The van der Waals surface area contributed by atoms with Gasteiger partial charge in [0.25, 0.3) is 0 Å². The van der Waals surface area contributed by atoms with E-state index in [2.05, 4.69) is 19.2 Å². The molecule has 1 N–H and O–H groups in total. The number of amides is 1. The summed E-state index contributed by atoms with van der Waals surface area (Å²) < 4.78 is 0. The number of rotatable bonds is 4. The highest BCUT2D eigenvalue weighted by atomic mass is 35.5. The number of nitrogens with one attached hydrogen (secondary N) is 1. The Kier molecular flexibility index (Phi) is 5.44. The van der Waals surface area contributed by atoms with Gasteiger partial charge in [0.15, 0.2) is 0 Å². The lowest BCUT2D eigenvalue weighted by molar-refractivity contribution is -0.126. The average Bonchev–Trinajstić information content (AvgIpc) is 2.23. The van der Waals surface area contributed by atoms with E-state index in [0.717, 1.165) is 38.5 Å². The maximum Gasteiger partial charge on any atom is 0.223 e. The summed E-state index contributed by atoms with van der Waals surface area (Å²) >= 11 is 6.02. The van der Waals surface area contributed by atoms with Gasteiger partial charge in [0.1, 0.15) is 0 Å². The standard InChI is InChI=1S/C12H22ClNO/c1-3-9(4-2)12(15)14-11-7-5-10(13)6-8-11/h9-11H,3-8H2,1-2H3,(H,14,15). The van der Waals surface area contributed by atoms with Crippen molar-refractivity contribution in [2.45, 2.75) is 63.8 Å². The molecule has 0 aromatic carbocycles. The smallest absolute Gasteiger partial charge is 0.223 e. The summed E-state index contributed by atoms with van der Waals surface area (Å²) in [5, 5.41) is 3.47. The fourth-order valence-corrected chi connectivity index (χ4v) is 2.43. The molecule has 1 aliphatic carbocycles. The van der Waals surface area contributed by atoms with Crippen LogP contribution in [0.25, 0.3) is 0 Å². The molecule has 3 heteroatoms. The van der Waals surface area contributed by atoms with Crippen molar-refractivity contribution in [1.82, 2.24) is 5.32 Å². The monoisotopic (exact) mass is 231 g/mol. The second-order valence-electron chi connectivity index (χ2n) is 4.47. The van der Waals surface area contributed by atoms with E-state index in [0.29, 0.717) is 11.4 Å². The van der Waals surface area contributed by atoms with Crippen molar-refractivity contribution in [3.63, 3.8) is 0 Å². The molecule has 0 saturated heterocycles. The van der Waals surface area contributed by atoms with E-state index in [9.17, 15) is 4.79 Å². The highest BCUT2D eigenvalue weighted by Crippen LogP contribution is 2.23. The van der Waals surface area contributed by atoms with Crippen LogP contribution in [0.5, 0.6) is 0 Å². The minimum atomic E-state index is 0.193. The van der Waals surface area contributed by atoms with E-state index < -0.39 is 0 Å². The third-order valence-corrected chi connectivity index (χ3v) is 3.80. The highest BCUT2D eigenvalue weighted by Gasteiger charge is 2.23. The zero-order valence-corrected chi connectivity index (χ0v) is 10.5. The Hall–Kier alpha value is -0.240. The second kappa shape index (κ2) is 6.37. The number of hydrogen-bond acceptors (Lipinski definition) is 1. The Labute approximate surface area is 97.8 Å². The maximum atomic E-state index is 11.8. The fraction of sp³-hybridized carbons (Fsp3) is 0.917. The van der Waals surface area contributed by atoms with Gasteiger partial charge < -0.3 is 5.32 Å². The Balaban J connectivity index is 2.31. The van der Waals surface area contributed by atoms with Crippen LogP contribution in [0.4, 0.5) is 0 Å². The van der Waals surface area contributed by atoms with Crippen LogP contribution in [0, 0.1) is 5.92 Å². The topological polar surface area (TPSA) is 29.1 Å². The van der Waals surface area contributed by atoms with Crippen molar-refractivity contribution in [2.24, 2.45) is 5.92 Å². The molecule has 0 heterocycles. The number of alkyl halides is 1. The van der Waals surface area contributed by atoms with Crippen LogP contribution in [-0.2, 0) is 4.79 Å². The van der Waals surface area contributed by atoms with Crippen molar-refractivity contribution in [1.29, 1.82) is 0 Å². The first kappa shape index (κ1) is 12.8. The number of halogens is 1. The van der Waals surface area contributed by atoms with Gasteiger partial charge in [0, 0.05) is 17.3 Å². The van der Waals surface area contributed by atoms with Gasteiger partial charge in [-0.1, -0.05) is 13.8 Å². The van der Waals surface area contributed by atoms with Gasteiger partial charge in [-0.05, 0) is 38.5 Å². The Bertz CT molecular complexity index is 196. The Morgan fingerprint density at radius 1 is 1.27 bits per heavy atom. The first-order valence-corrected chi connectivity index (χ1v) is 6.55. The van der Waals surface area contributed by atoms with Crippen molar-refractivity contribution in [3.05, 3.63) is 0 Å². The van der Waals surface area contributed by atoms with E-state index in [1.165, 1.54) is 0 Å². The zero-order valence-electron chi connectivity index (χ0n) is 9.76. The van der Waals surface area contributed by atoms with Gasteiger partial charge in [-0.25, -0.2) is 0 Å². The first-order chi connectivity index (χ1) is 7.17. The lowest BCUT2D eigenvalue weighted by Gasteiger charge is -2.27. The molecule has 88 valence electrons. The SMILES string of the molecule is CCC(CC)C(=O)NC1CCC(Cl)CC1. The van der Waals surface area contributed by atoms with Crippen molar-refractivity contribution in [2.75, 3.05) is 0 Å².